The molecule has 1 fully saturated rings. The molecule has 0 bridgehead atoms. The number of aliphatic hydroxyl groups is 1. The van der Waals surface area contributed by atoms with Crippen molar-refractivity contribution < 1.29 is 38.8 Å². The van der Waals surface area contributed by atoms with Crippen LogP contribution in [0.15, 0.2) is 95.8 Å². The van der Waals surface area contributed by atoms with E-state index in [1.54, 1.807) is 24.3 Å². The quantitative estimate of drug-likeness (QED) is 0.0450. The number of para-hydroxylation sites is 1. The Hall–Kier alpha value is -6.13. The van der Waals surface area contributed by atoms with Crippen LogP contribution in [-0.4, -0.2) is 90.7 Å². The van der Waals surface area contributed by atoms with Gasteiger partial charge in [-0.05, 0) is 61.1 Å². The predicted molar refractivity (Wildman–Crippen MR) is 234 cm³/mol. The first-order chi connectivity index (χ1) is 29.6. The van der Waals surface area contributed by atoms with Gasteiger partial charge >= 0.3 is 12.2 Å². The number of pyridine rings is 1. The fourth-order valence-electron chi connectivity index (χ4n) is 7.16. The minimum Gasteiger partial charge on any atom is -0.506 e. The van der Waals surface area contributed by atoms with E-state index in [0.717, 1.165) is 11.1 Å². The van der Waals surface area contributed by atoms with E-state index >= 15 is 0 Å². The van der Waals surface area contributed by atoms with Crippen molar-refractivity contribution in [2.45, 2.75) is 50.9 Å². The molecule has 1 aliphatic heterocycles. The number of amides is 3. The molecule has 0 spiro atoms. The van der Waals surface area contributed by atoms with E-state index in [1.807, 2.05) is 54.6 Å². The SMILES string of the molecule is COc1cc(NC(=O)CCCCNC(=O)OCCN2CCC(OC(=O)Nc3ccccc3-c3ccccc3)CC2)c(Cl)cc1CNC[C@H](O)c1ccc(O)c2[nH]c(=O)ccc12. The molecule has 1 saturated heterocycles. The molecule has 322 valence electrons. The number of phenolic OH excluding ortho intramolecular Hbond substituents is 1. The third kappa shape index (κ3) is 12.7. The number of nitrogens with one attached hydrogen (secondary N) is 5. The molecule has 15 nitrogen and oxygen atoms in total. The van der Waals surface area contributed by atoms with E-state index in [-0.39, 0.29) is 48.4 Å². The number of likely N-dealkylation sites (tertiary alicyclic amines) is 1. The number of fused-ring (bicyclic) bond motifs is 1. The molecule has 16 heteroatoms. The van der Waals surface area contributed by atoms with Crippen molar-refractivity contribution in [3.63, 3.8) is 0 Å². The Bertz CT molecular complexity index is 2340. The largest absolute Gasteiger partial charge is 0.506 e. The number of benzene rings is 4. The van der Waals surface area contributed by atoms with Gasteiger partial charge in [0.2, 0.25) is 11.5 Å². The molecule has 0 radical (unpaired) electrons. The lowest BCUT2D eigenvalue weighted by Gasteiger charge is -2.31. The molecule has 4 aromatic carbocycles. The summed E-state index contributed by atoms with van der Waals surface area (Å²) in [5, 5.41) is 33.5. The standard InChI is InChI=1S/C45H51ClN6O9/c1-59-40-26-37(35(46)25-30(40)27-47-28-39(54)33-14-16-38(53)43-34(33)15-17-42(56)51-43)49-41(55)13-7-8-20-48-44(57)60-24-23-52-21-18-31(19-22-52)61-45(58)50-36-12-6-5-11-32(36)29-9-3-2-4-10-29/h2-6,9-12,14-17,25-26,31,39,47,53-54H,7-8,13,18-24,27-28H2,1H3,(H,48,57)(H,49,55)(H,50,58)(H,51,56)/t39-/m0/s1. The highest BCUT2D eigenvalue weighted by molar-refractivity contribution is 6.33. The number of aliphatic hydroxyl groups excluding tert-OH is 1. The molecule has 1 aliphatic rings. The fraction of sp³-hybridized carbons (Fsp3) is 0.333. The zero-order valence-corrected chi connectivity index (χ0v) is 34.6. The van der Waals surface area contributed by atoms with Crippen LogP contribution in [0.5, 0.6) is 11.5 Å². The number of anilines is 2. The number of aromatic nitrogens is 1. The zero-order valence-electron chi connectivity index (χ0n) is 33.9. The Labute approximate surface area is 358 Å². The topological polar surface area (TPSA) is 204 Å². The molecule has 1 aromatic heterocycles. The molecule has 1 atom stereocenters. The number of ether oxygens (including phenoxy) is 3. The average Bonchev–Trinajstić information content (AvgIpc) is 3.25. The third-order valence-electron chi connectivity index (χ3n) is 10.4. The second-order valence-electron chi connectivity index (χ2n) is 14.6. The first-order valence-electron chi connectivity index (χ1n) is 20.2. The van der Waals surface area contributed by atoms with E-state index in [4.69, 9.17) is 25.8 Å². The van der Waals surface area contributed by atoms with Crippen molar-refractivity contribution >= 4 is 52.0 Å². The number of methoxy groups -OCH3 is 1. The second kappa shape index (κ2) is 21.9. The fourth-order valence-corrected chi connectivity index (χ4v) is 7.39. The number of carbonyl (C=O) groups is 3. The van der Waals surface area contributed by atoms with Gasteiger partial charge in [-0.1, -0.05) is 66.2 Å². The summed E-state index contributed by atoms with van der Waals surface area (Å²) in [4.78, 5) is 54.2. The highest BCUT2D eigenvalue weighted by atomic mass is 35.5. The number of carbonyl (C=O) groups excluding carboxylic acids is 3. The Balaban J connectivity index is 0.826. The van der Waals surface area contributed by atoms with Gasteiger partial charge in [0.1, 0.15) is 24.2 Å². The van der Waals surface area contributed by atoms with Crippen LogP contribution in [0.25, 0.3) is 22.0 Å². The minimum atomic E-state index is -0.949. The smallest absolute Gasteiger partial charge is 0.411 e. The van der Waals surface area contributed by atoms with Crippen LogP contribution in [0.3, 0.4) is 0 Å². The molecule has 0 aliphatic carbocycles. The Morgan fingerprint density at radius 2 is 1.69 bits per heavy atom. The maximum absolute atomic E-state index is 12.7. The molecule has 5 aromatic rings. The van der Waals surface area contributed by atoms with E-state index in [1.165, 1.54) is 19.2 Å². The molecule has 2 heterocycles. The summed E-state index contributed by atoms with van der Waals surface area (Å²) in [6.45, 7) is 3.00. The molecule has 61 heavy (non-hydrogen) atoms. The lowest BCUT2D eigenvalue weighted by atomic mass is 10.0. The maximum Gasteiger partial charge on any atom is 0.411 e. The van der Waals surface area contributed by atoms with Crippen molar-refractivity contribution in [2.75, 3.05) is 57.1 Å². The number of phenols is 1. The number of aromatic amines is 1. The molecule has 6 rings (SSSR count). The highest BCUT2D eigenvalue weighted by Crippen LogP contribution is 2.33. The number of unbranched alkanes of at least 4 members (excludes halogenated alkanes) is 1. The second-order valence-corrected chi connectivity index (χ2v) is 15.0. The average molecular weight is 855 g/mol. The molecular weight excluding hydrogens is 804 g/mol. The number of nitrogens with zero attached hydrogens (tertiary/aromatic N) is 1. The third-order valence-corrected chi connectivity index (χ3v) is 10.7. The molecule has 7 N–H and O–H groups in total. The number of halogens is 1. The highest BCUT2D eigenvalue weighted by Gasteiger charge is 2.23. The lowest BCUT2D eigenvalue weighted by molar-refractivity contribution is -0.116. The number of alkyl carbamates (subject to hydrolysis) is 1. The Kier molecular flexibility index (Phi) is 16.0. The summed E-state index contributed by atoms with van der Waals surface area (Å²) in [5.74, 6) is 0.150. The lowest BCUT2D eigenvalue weighted by Crippen LogP contribution is -2.40. The van der Waals surface area contributed by atoms with Crippen molar-refractivity contribution in [1.29, 1.82) is 0 Å². The first kappa shape index (κ1) is 44.4. The monoisotopic (exact) mass is 854 g/mol. The van der Waals surface area contributed by atoms with Crippen LogP contribution in [0.4, 0.5) is 21.0 Å². The number of rotatable bonds is 18. The Morgan fingerprint density at radius 1 is 0.918 bits per heavy atom. The minimum absolute atomic E-state index is 0.0894. The van der Waals surface area contributed by atoms with Crippen LogP contribution < -0.4 is 31.6 Å². The number of piperidine rings is 1. The van der Waals surface area contributed by atoms with Gasteiger partial charge in [0.05, 0.1) is 35.1 Å². The van der Waals surface area contributed by atoms with Crippen molar-refractivity contribution in [3.05, 3.63) is 117 Å². The summed E-state index contributed by atoms with van der Waals surface area (Å²) in [6.07, 6.45) is 0.484. The summed E-state index contributed by atoms with van der Waals surface area (Å²) in [7, 11) is 1.51. The van der Waals surface area contributed by atoms with E-state index < -0.39 is 18.3 Å². The van der Waals surface area contributed by atoms with Gasteiger partial charge < -0.3 is 45.4 Å². The predicted octanol–water partition coefficient (Wildman–Crippen LogP) is 6.93. The van der Waals surface area contributed by atoms with Crippen LogP contribution in [0.1, 0.15) is 49.3 Å². The summed E-state index contributed by atoms with van der Waals surface area (Å²) < 4.78 is 16.6. The molecule has 0 unspecified atom stereocenters. The summed E-state index contributed by atoms with van der Waals surface area (Å²) >= 11 is 6.53. The van der Waals surface area contributed by atoms with E-state index in [9.17, 15) is 29.4 Å². The Morgan fingerprint density at radius 3 is 2.48 bits per heavy atom. The van der Waals surface area contributed by atoms with Gasteiger partial charge in [0, 0.05) is 74.3 Å². The van der Waals surface area contributed by atoms with Gasteiger partial charge in [0.25, 0.3) is 0 Å². The van der Waals surface area contributed by atoms with Gasteiger partial charge in [-0.3, -0.25) is 19.8 Å². The van der Waals surface area contributed by atoms with Crippen LogP contribution in [-0.2, 0) is 20.8 Å². The number of hydrogen-bond acceptors (Lipinski definition) is 11. The van der Waals surface area contributed by atoms with Gasteiger partial charge in [-0.25, -0.2) is 9.59 Å². The summed E-state index contributed by atoms with van der Waals surface area (Å²) in [5.41, 5.74) is 4.13. The number of H-pyrrole nitrogens is 1. The molecular formula is C45H51ClN6O9. The van der Waals surface area contributed by atoms with Crippen molar-refractivity contribution in [3.8, 4) is 22.6 Å². The first-order valence-corrected chi connectivity index (χ1v) is 20.6. The summed E-state index contributed by atoms with van der Waals surface area (Å²) in [6, 6.07) is 26.7. The van der Waals surface area contributed by atoms with Crippen LogP contribution >= 0.6 is 11.6 Å². The van der Waals surface area contributed by atoms with Crippen LogP contribution in [0, 0.1) is 0 Å². The van der Waals surface area contributed by atoms with E-state index in [2.05, 4.69) is 31.2 Å². The van der Waals surface area contributed by atoms with Crippen molar-refractivity contribution in [2.24, 2.45) is 0 Å². The number of hydrogen-bond donors (Lipinski definition) is 7. The van der Waals surface area contributed by atoms with Gasteiger partial charge in [0.15, 0.2) is 0 Å². The zero-order chi connectivity index (χ0) is 43.1. The van der Waals surface area contributed by atoms with Crippen LogP contribution in [0.2, 0.25) is 5.02 Å². The molecule has 0 saturated carbocycles. The van der Waals surface area contributed by atoms with Crippen molar-refractivity contribution in [1.82, 2.24) is 20.5 Å². The van der Waals surface area contributed by atoms with E-state index in [0.29, 0.717) is 97.1 Å². The normalized spacial score (nSPS) is 13.6. The number of aromatic hydroxyl groups is 1. The van der Waals surface area contributed by atoms with Gasteiger partial charge in [-0.15, -0.1) is 0 Å². The maximum atomic E-state index is 12.7. The molecule has 3 amide bonds. The van der Waals surface area contributed by atoms with Gasteiger partial charge in [-0.2, -0.15) is 0 Å².